The Bertz CT molecular complexity index is 487. The van der Waals surface area contributed by atoms with Crippen molar-refractivity contribution in [3.63, 3.8) is 0 Å². The Kier molecular flexibility index (Phi) is 14.6. The topological polar surface area (TPSA) is 128 Å². The zero-order valence-corrected chi connectivity index (χ0v) is 17.6. The molecule has 0 radical (unpaired) electrons. The highest BCUT2D eigenvalue weighted by Crippen LogP contribution is 1.98. The summed E-state index contributed by atoms with van der Waals surface area (Å²) >= 11 is 0. The molecule has 0 aliphatic heterocycles. The average molecular weight is 400 g/mol. The predicted molar refractivity (Wildman–Crippen MR) is 109 cm³/mol. The lowest BCUT2D eigenvalue weighted by Crippen LogP contribution is -2.44. The minimum absolute atomic E-state index is 0.0254. The third-order valence-electron chi connectivity index (χ3n) is 4.34. The largest absolute Gasteiger partial charge is 0.354 e. The summed E-state index contributed by atoms with van der Waals surface area (Å²) in [6.07, 6.45) is 3.85. The van der Waals surface area contributed by atoms with Gasteiger partial charge in [-0.15, -0.1) is 0 Å². The van der Waals surface area contributed by atoms with E-state index >= 15 is 0 Å². The van der Waals surface area contributed by atoms with Gasteiger partial charge >= 0.3 is 6.03 Å². The van der Waals surface area contributed by atoms with Crippen molar-refractivity contribution in [3.8, 4) is 0 Å². The number of rotatable bonds is 15. The highest BCUT2D eigenvalue weighted by atomic mass is 16.2. The highest BCUT2D eigenvalue weighted by Gasteiger charge is 2.12. The molecule has 0 saturated heterocycles. The molecule has 9 nitrogen and oxygen atoms in total. The van der Waals surface area contributed by atoms with Crippen molar-refractivity contribution >= 4 is 24.1 Å². The van der Waals surface area contributed by atoms with Crippen LogP contribution in [-0.2, 0) is 14.4 Å². The first-order chi connectivity index (χ1) is 13.3. The van der Waals surface area contributed by atoms with E-state index in [2.05, 4.69) is 26.6 Å². The van der Waals surface area contributed by atoms with E-state index in [0.29, 0.717) is 44.8 Å². The normalized spacial score (nSPS) is 13.7. The average Bonchev–Trinajstić information content (AvgIpc) is 2.65. The molecule has 0 aliphatic rings. The van der Waals surface area contributed by atoms with Crippen molar-refractivity contribution in [2.45, 2.75) is 77.4 Å². The first-order valence-corrected chi connectivity index (χ1v) is 9.99. The molecule has 3 atom stereocenters. The summed E-state index contributed by atoms with van der Waals surface area (Å²) in [7, 11) is 1.86. The third-order valence-corrected chi connectivity index (χ3v) is 4.34. The lowest BCUT2D eigenvalue weighted by Gasteiger charge is -2.17. The molecule has 0 bridgehead atoms. The van der Waals surface area contributed by atoms with Crippen molar-refractivity contribution in [3.05, 3.63) is 0 Å². The van der Waals surface area contributed by atoms with Gasteiger partial charge in [0.25, 0.3) is 0 Å². The van der Waals surface area contributed by atoms with Crippen LogP contribution in [0.25, 0.3) is 0 Å². The molecule has 0 aromatic carbocycles. The minimum Gasteiger partial charge on any atom is -0.354 e. The number of hydrogen-bond donors (Lipinski definition) is 5. The molecule has 0 fully saturated rings. The molecule has 28 heavy (non-hydrogen) atoms. The SMILES string of the molecule is CNC(C)CCC(=O)NCCNC(=O)CCC(C)NC(=O)NC(C)CCC=O. The van der Waals surface area contributed by atoms with Gasteiger partial charge < -0.3 is 31.4 Å². The molecule has 3 unspecified atom stereocenters. The molecular weight excluding hydrogens is 362 g/mol. The van der Waals surface area contributed by atoms with Crippen LogP contribution in [0.15, 0.2) is 0 Å². The van der Waals surface area contributed by atoms with E-state index in [9.17, 15) is 19.2 Å². The van der Waals surface area contributed by atoms with Crippen LogP contribution in [-0.4, -0.2) is 62.4 Å². The standard InChI is InChI=1S/C19H37N5O4/c1-14(20-4)7-9-17(26)21-11-12-22-18(27)10-8-16(3)24-19(28)23-15(2)6-5-13-25/h13-16,20H,5-12H2,1-4H3,(H,21,26)(H,22,27)(H2,23,24,28). The van der Waals surface area contributed by atoms with Gasteiger partial charge in [0.2, 0.25) is 11.8 Å². The smallest absolute Gasteiger partial charge is 0.315 e. The molecule has 0 aromatic heterocycles. The van der Waals surface area contributed by atoms with E-state index in [-0.39, 0.29) is 36.3 Å². The second kappa shape index (κ2) is 15.9. The summed E-state index contributed by atoms with van der Waals surface area (Å²) in [5.74, 6) is -0.144. The lowest BCUT2D eigenvalue weighted by molar-refractivity contribution is -0.123. The Morgan fingerprint density at radius 3 is 1.71 bits per heavy atom. The molecule has 0 saturated carbocycles. The number of hydrogen-bond acceptors (Lipinski definition) is 5. The molecule has 5 N–H and O–H groups in total. The van der Waals surface area contributed by atoms with E-state index in [1.165, 1.54) is 0 Å². The van der Waals surface area contributed by atoms with Gasteiger partial charge in [-0.05, 0) is 47.1 Å². The summed E-state index contributed by atoms with van der Waals surface area (Å²) in [6.45, 7) is 6.45. The molecule has 0 rings (SSSR count). The van der Waals surface area contributed by atoms with Gasteiger partial charge in [-0.2, -0.15) is 0 Å². The molecule has 0 aromatic rings. The number of urea groups is 1. The van der Waals surface area contributed by atoms with Gasteiger partial charge in [0.1, 0.15) is 6.29 Å². The Labute approximate surface area is 168 Å². The lowest BCUT2D eigenvalue weighted by atomic mass is 10.1. The van der Waals surface area contributed by atoms with Crippen LogP contribution in [0.4, 0.5) is 4.79 Å². The fraction of sp³-hybridized carbons (Fsp3) is 0.789. The molecule has 0 aliphatic carbocycles. The second-order valence-electron chi connectivity index (χ2n) is 7.13. The van der Waals surface area contributed by atoms with E-state index < -0.39 is 0 Å². The third kappa shape index (κ3) is 15.0. The van der Waals surface area contributed by atoms with Gasteiger partial charge in [0.05, 0.1) is 0 Å². The van der Waals surface area contributed by atoms with Crippen LogP contribution in [0, 0.1) is 0 Å². The molecule has 4 amide bonds. The molecular formula is C19H37N5O4. The van der Waals surface area contributed by atoms with Gasteiger partial charge in [0.15, 0.2) is 0 Å². The number of amides is 4. The summed E-state index contributed by atoms with van der Waals surface area (Å²) in [5, 5.41) is 14.1. The van der Waals surface area contributed by atoms with Crippen molar-refractivity contribution in [1.82, 2.24) is 26.6 Å². The van der Waals surface area contributed by atoms with E-state index in [1.54, 1.807) is 0 Å². The van der Waals surface area contributed by atoms with Gasteiger partial charge in [-0.3, -0.25) is 9.59 Å². The van der Waals surface area contributed by atoms with Crippen molar-refractivity contribution < 1.29 is 19.2 Å². The van der Waals surface area contributed by atoms with Gasteiger partial charge in [-0.25, -0.2) is 4.79 Å². The number of carbonyl (C=O) groups excluding carboxylic acids is 4. The quantitative estimate of drug-likeness (QED) is 0.202. The van der Waals surface area contributed by atoms with Crippen LogP contribution >= 0.6 is 0 Å². The second-order valence-corrected chi connectivity index (χ2v) is 7.13. The van der Waals surface area contributed by atoms with E-state index in [4.69, 9.17) is 0 Å². The zero-order chi connectivity index (χ0) is 21.4. The first-order valence-electron chi connectivity index (χ1n) is 9.99. The molecule has 9 heteroatoms. The van der Waals surface area contributed by atoms with Crippen LogP contribution in [0.1, 0.15) is 59.3 Å². The van der Waals surface area contributed by atoms with Crippen LogP contribution in [0.3, 0.4) is 0 Å². The number of aldehydes is 1. The van der Waals surface area contributed by atoms with E-state index in [1.807, 2.05) is 27.8 Å². The zero-order valence-electron chi connectivity index (χ0n) is 17.6. The highest BCUT2D eigenvalue weighted by molar-refractivity contribution is 5.77. The maximum atomic E-state index is 11.8. The number of nitrogens with one attached hydrogen (secondary N) is 5. The fourth-order valence-electron chi connectivity index (χ4n) is 2.37. The van der Waals surface area contributed by atoms with Crippen molar-refractivity contribution in [2.24, 2.45) is 0 Å². The summed E-state index contributed by atoms with van der Waals surface area (Å²) < 4.78 is 0. The first kappa shape index (κ1) is 25.8. The maximum absolute atomic E-state index is 11.8. The van der Waals surface area contributed by atoms with Crippen LogP contribution < -0.4 is 26.6 Å². The van der Waals surface area contributed by atoms with Crippen LogP contribution in [0.5, 0.6) is 0 Å². The number of carbonyl (C=O) groups is 4. The molecule has 162 valence electrons. The van der Waals surface area contributed by atoms with Crippen molar-refractivity contribution in [2.75, 3.05) is 20.1 Å². The summed E-state index contributed by atoms with van der Waals surface area (Å²) in [5.41, 5.74) is 0. The monoisotopic (exact) mass is 399 g/mol. The van der Waals surface area contributed by atoms with E-state index in [0.717, 1.165) is 12.7 Å². The summed E-state index contributed by atoms with van der Waals surface area (Å²) in [4.78, 5) is 45.6. The fourth-order valence-corrected chi connectivity index (χ4v) is 2.37. The molecule has 0 heterocycles. The van der Waals surface area contributed by atoms with Gasteiger partial charge in [-0.1, -0.05) is 0 Å². The Morgan fingerprint density at radius 1 is 0.786 bits per heavy atom. The Hall–Kier alpha value is -2.16. The van der Waals surface area contributed by atoms with Crippen molar-refractivity contribution in [1.29, 1.82) is 0 Å². The Balaban J connectivity index is 3.78. The summed E-state index contributed by atoms with van der Waals surface area (Å²) in [6, 6.07) is -0.250. The van der Waals surface area contributed by atoms with Gasteiger partial charge in [0, 0.05) is 50.5 Å². The maximum Gasteiger partial charge on any atom is 0.315 e. The predicted octanol–water partition coefficient (Wildman–Crippen LogP) is 0.442. The molecule has 0 spiro atoms. The Morgan fingerprint density at radius 2 is 1.25 bits per heavy atom. The minimum atomic E-state index is -0.304. The van der Waals surface area contributed by atoms with Crippen LogP contribution in [0.2, 0.25) is 0 Å².